The molecule has 0 aliphatic carbocycles. The number of imide groups is 1. The van der Waals surface area contributed by atoms with E-state index < -0.39 is 30.0 Å². The van der Waals surface area contributed by atoms with E-state index in [1.165, 1.54) is 19.9 Å². The van der Waals surface area contributed by atoms with Gasteiger partial charge >= 0.3 is 6.03 Å². The predicted octanol–water partition coefficient (Wildman–Crippen LogP) is 1.49. The molecule has 0 radical (unpaired) electrons. The Labute approximate surface area is 122 Å². The van der Waals surface area contributed by atoms with Gasteiger partial charge < -0.3 is 15.2 Å². The minimum atomic E-state index is -0.976. The second-order valence-electron chi connectivity index (χ2n) is 4.47. The molecule has 2 atom stereocenters. The van der Waals surface area contributed by atoms with Gasteiger partial charge in [-0.25, -0.2) is 9.18 Å². The second-order valence-corrected chi connectivity index (χ2v) is 4.47. The van der Waals surface area contributed by atoms with Gasteiger partial charge in [0, 0.05) is 12.1 Å². The maximum atomic E-state index is 13.2. The van der Waals surface area contributed by atoms with Gasteiger partial charge in [0.25, 0.3) is 5.91 Å². The molecule has 1 unspecified atom stereocenters. The molecule has 7 heteroatoms. The highest BCUT2D eigenvalue weighted by Crippen LogP contribution is 2.26. The predicted molar refractivity (Wildman–Crippen MR) is 74.3 cm³/mol. The summed E-state index contributed by atoms with van der Waals surface area (Å²) in [6.07, 6.45) is -1.93. The summed E-state index contributed by atoms with van der Waals surface area (Å²) < 4.78 is 18.5. The van der Waals surface area contributed by atoms with Gasteiger partial charge in [-0.2, -0.15) is 0 Å². The van der Waals surface area contributed by atoms with Gasteiger partial charge in [0.05, 0.1) is 6.10 Å². The van der Waals surface area contributed by atoms with Crippen molar-refractivity contribution in [3.05, 3.63) is 29.6 Å². The average molecular weight is 298 g/mol. The smallest absolute Gasteiger partial charge is 0.321 e. The van der Waals surface area contributed by atoms with Crippen molar-refractivity contribution in [2.24, 2.45) is 0 Å². The third kappa shape index (κ3) is 5.03. The molecular weight excluding hydrogens is 279 g/mol. The Balaban J connectivity index is 2.76. The van der Waals surface area contributed by atoms with Gasteiger partial charge in [-0.15, -0.1) is 0 Å². The molecule has 21 heavy (non-hydrogen) atoms. The monoisotopic (exact) mass is 298 g/mol. The maximum Gasteiger partial charge on any atom is 0.321 e. The lowest BCUT2D eigenvalue weighted by Gasteiger charge is -2.18. The van der Waals surface area contributed by atoms with Crippen LogP contribution in [0, 0.1) is 5.82 Å². The van der Waals surface area contributed by atoms with Crippen LogP contribution in [-0.4, -0.2) is 29.7 Å². The molecule has 0 aliphatic heterocycles. The van der Waals surface area contributed by atoms with Crippen LogP contribution >= 0.6 is 0 Å². The van der Waals surface area contributed by atoms with Gasteiger partial charge in [-0.05, 0) is 39.0 Å². The molecule has 3 N–H and O–H groups in total. The number of carbonyl (C=O) groups is 2. The van der Waals surface area contributed by atoms with Crippen LogP contribution in [0.2, 0.25) is 0 Å². The molecule has 0 fully saturated rings. The number of hydrogen-bond acceptors (Lipinski definition) is 4. The fraction of sp³-hybridized carbons (Fsp3) is 0.429. The summed E-state index contributed by atoms with van der Waals surface area (Å²) in [4.78, 5) is 23.0. The van der Waals surface area contributed by atoms with Crippen molar-refractivity contribution in [3.8, 4) is 5.75 Å². The molecule has 1 aromatic rings. The quantitative estimate of drug-likeness (QED) is 0.768. The van der Waals surface area contributed by atoms with Gasteiger partial charge in [-0.3, -0.25) is 10.1 Å². The number of aliphatic hydroxyl groups is 1. The molecule has 0 aromatic heterocycles. The Kier molecular flexibility index (Phi) is 6.10. The van der Waals surface area contributed by atoms with Crippen molar-refractivity contribution in [1.82, 2.24) is 10.6 Å². The highest BCUT2D eigenvalue weighted by atomic mass is 19.1. The van der Waals surface area contributed by atoms with E-state index in [0.717, 1.165) is 12.1 Å². The number of rotatable bonds is 5. The first kappa shape index (κ1) is 16.9. The zero-order chi connectivity index (χ0) is 16.0. The van der Waals surface area contributed by atoms with Gasteiger partial charge in [0.2, 0.25) is 0 Å². The van der Waals surface area contributed by atoms with Crippen LogP contribution in [0.3, 0.4) is 0 Å². The molecule has 3 amide bonds. The zero-order valence-corrected chi connectivity index (χ0v) is 12.1. The van der Waals surface area contributed by atoms with Gasteiger partial charge in [0.1, 0.15) is 11.6 Å². The zero-order valence-electron chi connectivity index (χ0n) is 12.1. The number of nitrogens with one attached hydrogen (secondary N) is 2. The lowest BCUT2D eigenvalue weighted by molar-refractivity contribution is -0.126. The summed E-state index contributed by atoms with van der Waals surface area (Å²) in [6, 6.07) is 3.00. The number of hydrogen-bond donors (Lipinski definition) is 3. The Hall–Kier alpha value is -2.15. The van der Waals surface area contributed by atoms with Crippen LogP contribution in [0.5, 0.6) is 5.75 Å². The van der Waals surface area contributed by atoms with Crippen LogP contribution < -0.4 is 15.4 Å². The lowest BCUT2D eigenvalue weighted by Crippen LogP contribution is -2.45. The second kappa shape index (κ2) is 7.58. The van der Waals surface area contributed by atoms with Crippen molar-refractivity contribution in [2.45, 2.75) is 33.0 Å². The fourth-order valence-corrected chi connectivity index (χ4v) is 1.62. The number of benzene rings is 1. The Bertz CT molecular complexity index is 520. The lowest BCUT2D eigenvalue weighted by atomic mass is 10.1. The van der Waals surface area contributed by atoms with E-state index in [2.05, 4.69) is 10.6 Å². The summed E-state index contributed by atoms with van der Waals surface area (Å²) in [6.45, 7) is 5.01. The maximum absolute atomic E-state index is 13.2. The molecular formula is C14H19FN2O4. The summed E-state index contributed by atoms with van der Waals surface area (Å²) >= 11 is 0. The highest BCUT2D eigenvalue weighted by molar-refractivity contribution is 5.96. The first-order valence-corrected chi connectivity index (χ1v) is 6.58. The van der Waals surface area contributed by atoms with E-state index in [4.69, 9.17) is 4.74 Å². The van der Waals surface area contributed by atoms with E-state index in [1.807, 2.05) is 0 Å². The van der Waals surface area contributed by atoms with Crippen molar-refractivity contribution >= 4 is 11.9 Å². The van der Waals surface area contributed by atoms with Crippen LogP contribution in [0.25, 0.3) is 0 Å². The molecule has 0 bridgehead atoms. The largest absolute Gasteiger partial charge is 0.480 e. The van der Waals surface area contributed by atoms with Crippen molar-refractivity contribution in [2.75, 3.05) is 6.54 Å². The van der Waals surface area contributed by atoms with E-state index in [0.29, 0.717) is 6.54 Å². The third-order valence-corrected chi connectivity index (χ3v) is 2.67. The molecule has 1 rings (SSSR count). The molecule has 116 valence electrons. The molecule has 0 saturated heterocycles. The Morgan fingerprint density at radius 3 is 2.62 bits per heavy atom. The minimum Gasteiger partial charge on any atom is -0.480 e. The number of aliphatic hydroxyl groups excluding tert-OH is 1. The summed E-state index contributed by atoms with van der Waals surface area (Å²) in [7, 11) is 0. The molecule has 0 saturated carbocycles. The number of halogens is 1. The first-order chi connectivity index (χ1) is 9.85. The molecule has 0 spiro atoms. The van der Waals surface area contributed by atoms with E-state index in [1.54, 1.807) is 6.92 Å². The van der Waals surface area contributed by atoms with Crippen LogP contribution in [-0.2, 0) is 4.79 Å². The summed E-state index contributed by atoms with van der Waals surface area (Å²) in [5.41, 5.74) is 0.229. The molecule has 1 aromatic carbocycles. The van der Waals surface area contributed by atoms with E-state index in [-0.39, 0.29) is 11.3 Å². The highest BCUT2D eigenvalue weighted by Gasteiger charge is 2.20. The number of carbonyl (C=O) groups excluding carboxylic acids is 2. The molecule has 0 aliphatic rings. The van der Waals surface area contributed by atoms with Crippen LogP contribution in [0.1, 0.15) is 32.4 Å². The van der Waals surface area contributed by atoms with Crippen LogP contribution in [0.15, 0.2) is 18.2 Å². The topological polar surface area (TPSA) is 87.7 Å². The van der Waals surface area contributed by atoms with Crippen molar-refractivity contribution in [3.63, 3.8) is 0 Å². The first-order valence-electron chi connectivity index (χ1n) is 6.58. The normalized spacial score (nSPS) is 13.2. The third-order valence-electron chi connectivity index (χ3n) is 2.67. The van der Waals surface area contributed by atoms with Gasteiger partial charge in [-0.1, -0.05) is 0 Å². The van der Waals surface area contributed by atoms with E-state index >= 15 is 0 Å². The van der Waals surface area contributed by atoms with Crippen molar-refractivity contribution < 1.29 is 23.8 Å². The van der Waals surface area contributed by atoms with E-state index in [9.17, 15) is 19.1 Å². The molecule has 0 heterocycles. The number of ether oxygens (including phenoxy) is 1. The summed E-state index contributed by atoms with van der Waals surface area (Å²) in [5.74, 6) is -0.968. The SMILES string of the molecule is CCNC(=O)NC(=O)C(C)Oc1ccc(F)cc1[C@H](C)O. The summed E-state index contributed by atoms with van der Waals surface area (Å²) in [5, 5.41) is 14.1. The number of urea groups is 1. The Morgan fingerprint density at radius 1 is 1.38 bits per heavy atom. The molecule has 6 nitrogen and oxygen atoms in total. The Morgan fingerprint density at radius 2 is 2.05 bits per heavy atom. The number of amides is 3. The minimum absolute atomic E-state index is 0.185. The standard InChI is InChI=1S/C14H19FN2O4/c1-4-16-14(20)17-13(19)9(3)21-12-6-5-10(15)7-11(12)8(2)18/h5-9,18H,4H2,1-3H3,(H2,16,17,19,20)/t8-,9?/m0/s1. The fourth-order valence-electron chi connectivity index (χ4n) is 1.62. The van der Waals surface area contributed by atoms with Crippen molar-refractivity contribution in [1.29, 1.82) is 0 Å². The van der Waals surface area contributed by atoms with Crippen LogP contribution in [0.4, 0.5) is 9.18 Å². The average Bonchev–Trinajstić information content (AvgIpc) is 2.40. The van der Waals surface area contributed by atoms with Gasteiger partial charge in [0.15, 0.2) is 6.10 Å².